The van der Waals surface area contributed by atoms with Crippen molar-refractivity contribution in [3.8, 4) is 11.5 Å². The van der Waals surface area contributed by atoms with E-state index in [1.165, 1.54) is 6.07 Å². The van der Waals surface area contributed by atoms with Gasteiger partial charge >= 0.3 is 6.18 Å². The van der Waals surface area contributed by atoms with Gasteiger partial charge in [0, 0.05) is 0 Å². The highest BCUT2D eigenvalue weighted by Crippen LogP contribution is 2.28. The lowest BCUT2D eigenvalue weighted by Crippen LogP contribution is -2.38. The molecule has 0 bridgehead atoms. The van der Waals surface area contributed by atoms with E-state index in [9.17, 15) is 23.1 Å². The molecule has 0 heterocycles. The molecule has 5 N–H and O–H groups in total. The number of nitrogens with one attached hydrogen (secondary N) is 1. The van der Waals surface area contributed by atoms with Gasteiger partial charge in [-0.3, -0.25) is 10.1 Å². The Kier molecular flexibility index (Phi) is 4.02. The van der Waals surface area contributed by atoms with E-state index in [0.29, 0.717) is 0 Å². The summed E-state index contributed by atoms with van der Waals surface area (Å²) >= 11 is 0. The molecule has 1 amide bonds. The van der Waals surface area contributed by atoms with Crippen molar-refractivity contribution in [2.24, 2.45) is 5.73 Å². The zero-order chi connectivity index (χ0) is 13.9. The lowest BCUT2D eigenvalue weighted by molar-refractivity contribution is -0.130. The average Bonchev–Trinajstić information content (AvgIpc) is 2.21. The molecular formula is C10H11F3N2O3. The molecule has 5 nitrogen and oxygen atoms in total. The number of benzene rings is 1. The minimum Gasteiger partial charge on any atom is -0.504 e. The lowest BCUT2D eigenvalue weighted by atomic mass is 10.1. The van der Waals surface area contributed by atoms with Crippen LogP contribution in [0.25, 0.3) is 0 Å². The van der Waals surface area contributed by atoms with E-state index in [-0.39, 0.29) is 5.56 Å². The molecule has 0 spiro atoms. The van der Waals surface area contributed by atoms with Gasteiger partial charge in [0.25, 0.3) is 0 Å². The van der Waals surface area contributed by atoms with Crippen molar-refractivity contribution >= 4 is 5.91 Å². The number of nitrogens with two attached hydrogens (primary N) is 1. The zero-order valence-corrected chi connectivity index (χ0v) is 9.03. The number of phenols is 2. The summed E-state index contributed by atoms with van der Waals surface area (Å²) in [6.07, 6.45) is -4.49. The standard InChI is InChI=1S/C10H11F3N2O3/c11-10(12,13)4-15-8(9(14)18)5-1-2-6(16)7(17)3-5/h1-3,8,15-17H,4H2,(H2,14,18). The molecule has 0 fully saturated rings. The maximum Gasteiger partial charge on any atom is 0.401 e. The molecule has 1 aromatic rings. The molecule has 0 aliphatic carbocycles. The van der Waals surface area contributed by atoms with Gasteiger partial charge in [0.15, 0.2) is 11.5 Å². The summed E-state index contributed by atoms with van der Waals surface area (Å²) in [6, 6.07) is 1.80. The summed E-state index contributed by atoms with van der Waals surface area (Å²) in [6.45, 7) is -1.40. The number of halogens is 3. The number of aromatic hydroxyl groups is 2. The summed E-state index contributed by atoms with van der Waals surface area (Å²) in [5.74, 6) is -2.02. The molecular weight excluding hydrogens is 253 g/mol. The highest BCUT2D eigenvalue weighted by molar-refractivity contribution is 5.81. The summed E-state index contributed by atoms with van der Waals surface area (Å²) < 4.78 is 36.1. The van der Waals surface area contributed by atoms with Crippen LogP contribution in [-0.4, -0.2) is 28.8 Å². The van der Waals surface area contributed by atoms with E-state index in [0.717, 1.165) is 12.1 Å². The predicted octanol–water partition coefficient (Wildman–Crippen LogP) is 0.776. The Balaban J connectivity index is 2.91. The van der Waals surface area contributed by atoms with Gasteiger partial charge in [-0.05, 0) is 17.7 Å². The van der Waals surface area contributed by atoms with Crippen molar-refractivity contribution < 1.29 is 28.2 Å². The molecule has 1 aromatic carbocycles. The fraction of sp³-hybridized carbons (Fsp3) is 0.300. The second kappa shape index (κ2) is 5.13. The fourth-order valence-electron chi connectivity index (χ4n) is 1.32. The molecule has 1 unspecified atom stereocenters. The van der Waals surface area contributed by atoms with Crippen LogP contribution in [0.5, 0.6) is 11.5 Å². The van der Waals surface area contributed by atoms with Crippen molar-refractivity contribution in [1.29, 1.82) is 0 Å². The van der Waals surface area contributed by atoms with Crippen LogP contribution in [0.2, 0.25) is 0 Å². The van der Waals surface area contributed by atoms with Gasteiger partial charge in [-0.25, -0.2) is 0 Å². The number of carbonyl (C=O) groups is 1. The smallest absolute Gasteiger partial charge is 0.401 e. The van der Waals surface area contributed by atoms with Crippen LogP contribution in [0.4, 0.5) is 13.2 Å². The van der Waals surface area contributed by atoms with Crippen molar-refractivity contribution in [3.05, 3.63) is 23.8 Å². The fourth-order valence-corrected chi connectivity index (χ4v) is 1.32. The van der Waals surface area contributed by atoms with E-state index >= 15 is 0 Å². The molecule has 0 aliphatic heterocycles. The molecule has 0 saturated heterocycles. The van der Waals surface area contributed by atoms with Crippen molar-refractivity contribution in [1.82, 2.24) is 5.32 Å². The second-order valence-corrected chi connectivity index (χ2v) is 3.58. The Morgan fingerprint density at radius 1 is 1.33 bits per heavy atom. The number of rotatable bonds is 4. The lowest BCUT2D eigenvalue weighted by Gasteiger charge is -2.17. The second-order valence-electron chi connectivity index (χ2n) is 3.58. The highest BCUT2D eigenvalue weighted by Gasteiger charge is 2.30. The number of primary amides is 1. The molecule has 1 rings (SSSR count). The molecule has 0 aromatic heterocycles. The predicted molar refractivity (Wildman–Crippen MR) is 55.8 cm³/mol. The van der Waals surface area contributed by atoms with Crippen molar-refractivity contribution in [2.75, 3.05) is 6.54 Å². The highest BCUT2D eigenvalue weighted by atomic mass is 19.4. The molecule has 0 radical (unpaired) electrons. The summed E-state index contributed by atoms with van der Waals surface area (Å²) in [4.78, 5) is 11.1. The van der Waals surface area contributed by atoms with E-state index in [1.807, 2.05) is 5.32 Å². The van der Waals surface area contributed by atoms with Crippen molar-refractivity contribution in [2.45, 2.75) is 12.2 Å². The van der Waals surface area contributed by atoms with Gasteiger partial charge in [0.2, 0.25) is 5.91 Å². The van der Waals surface area contributed by atoms with E-state index < -0.39 is 36.2 Å². The third-order valence-corrected chi connectivity index (χ3v) is 2.12. The largest absolute Gasteiger partial charge is 0.504 e. The maximum atomic E-state index is 12.0. The third-order valence-electron chi connectivity index (χ3n) is 2.12. The number of hydrogen-bond donors (Lipinski definition) is 4. The topological polar surface area (TPSA) is 95.6 Å². The van der Waals surface area contributed by atoms with Gasteiger partial charge in [0.05, 0.1) is 6.54 Å². The normalized spacial score (nSPS) is 13.3. The maximum absolute atomic E-state index is 12.0. The first-order valence-corrected chi connectivity index (χ1v) is 4.82. The molecule has 0 aliphatic rings. The van der Waals surface area contributed by atoms with E-state index in [1.54, 1.807) is 0 Å². The van der Waals surface area contributed by atoms with Crippen LogP contribution >= 0.6 is 0 Å². The average molecular weight is 264 g/mol. The Morgan fingerprint density at radius 3 is 2.39 bits per heavy atom. The Labute approximate surface area is 100 Å². The Bertz CT molecular complexity index is 448. The van der Waals surface area contributed by atoms with Crippen LogP contribution in [0, 0.1) is 0 Å². The third kappa shape index (κ3) is 3.81. The van der Waals surface area contributed by atoms with Gasteiger partial charge in [-0.15, -0.1) is 0 Å². The van der Waals surface area contributed by atoms with Crippen LogP contribution in [-0.2, 0) is 4.79 Å². The van der Waals surface area contributed by atoms with Crippen molar-refractivity contribution in [3.63, 3.8) is 0 Å². The number of alkyl halides is 3. The summed E-state index contributed by atoms with van der Waals surface area (Å²) in [5.41, 5.74) is 5.00. The SMILES string of the molecule is NC(=O)C(NCC(F)(F)F)c1ccc(O)c(O)c1. The quantitative estimate of drug-likeness (QED) is 0.604. The number of carbonyl (C=O) groups excluding carboxylic acids is 1. The van der Waals surface area contributed by atoms with Gasteiger partial charge in [-0.1, -0.05) is 6.07 Å². The van der Waals surface area contributed by atoms with E-state index in [4.69, 9.17) is 10.8 Å². The first-order valence-electron chi connectivity index (χ1n) is 4.82. The van der Waals surface area contributed by atoms with Crippen LogP contribution in [0.15, 0.2) is 18.2 Å². The van der Waals surface area contributed by atoms with Gasteiger partial charge in [-0.2, -0.15) is 13.2 Å². The summed E-state index contributed by atoms with van der Waals surface area (Å²) in [5, 5.41) is 20.2. The van der Waals surface area contributed by atoms with Gasteiger partial charge in [0.1, 0.15) is 6.04 Å². The minimum absolute atomic E-state index is 0.0297. The summed E-state index contributed by atoms with van der Waals surface area (Å²) in [7, 11) is 0. The Hall–Kier alpha value is -1.96. The molecule has 1 atom stereocenters. The molecule has 100 valence electrons. The first kappa shape index (κ1) is 14.1. The Morgan fingerprint density at radius 2 is 1.94 bits per heavy atom. The molecule has 0 saturated carbocycles. The van der Waals surface area contributed by atoms with Crippen LogP contribution in [0.3, 0.4) is 0 Å². The monoisotopic (exact) mass is 264 g/mol. The minimum atomic E-state index is -4.49. The first-order chi connectivity index (χ1) is 8.20. The number of phenolic OH excluding ortho intramolecular Hbond substituents is 2. The number of hydrogen-bond acceptors (Lipinski definition) is 4. The molecule has 18 heavy (non-hydrogen) atoms. The van der Waals surface area contributed by atoms with Crippen LogP contribution in [0.1, 0.15) is 11.6 Å². The zero-order valence-electron chi connectivity index (χ0n) is 9.03. The van der Waals surface area contributed by atoms with Crippen LogP contribution < -0.4 is 11.1 Å². The van der Waals surface area contributed by atoms with Gasteiger partial charge < -0.3 is 15.9 Å². The molecule has 8 heteroatoms. The number of amides is 1. The van der Waals surface area contributed by atoms with E-state index in [2.05, 4.69) is 0 Å².